The summed E-state index contributed by atoms with van der Waals surface area (Å²) < 4.78 is 13.3. The lowest BCUT2D eigenvalue weighted by Gasteiger charge is -2.14. The fourth-order valence-corrected chi connectivity index (χ4v) is 1.57. The Morgan fingerprint density at radius 1 is 1.28 bits per heavy atom. The second-order valence-electron chi connectivity index (χ2n) is 3.82. The van der Waals surface area contributed by atoms with Crippen molar-refractivity contribution in [3.8, 4) is 0 Å². The summed E-state index contributed by atoms with van der Waals surface area (Å²) in [6.07, 6.45) is 4.59. The van der Waals surface area contributed by atoms with Crippen molar-refractivity contribution in [2.75, 3.05) is 0 Å². The highest BCUT2D eigenvalue weighted by Gasteiger charge is 2.15. The summed E-state index contributed by atoms with van der Waals surface area (Å²) in [5.41, 5.74) is 0.848. The molecule has 0 saturated carbocycles. The number of carbonyl (C=O) groups is 1. The molecule has 0 fully saturated rings. The number of rotatable bonds is 3. The molecule has 0 bridgehead atoms. The van der Waals surface area contributed by atoms with Gasteiger partial charge in [-0.15, -0.1) is 0 Å². The lowest BCUT2D eigenvalue weighted by molar-refractivity contribution is 0.0935. The molecular formula is C13H12FN3O. The molecule has 92 valence electrons. The van der Waals surface area contributed by atoms with Crippen molar-refractivity contribution >= 4 is 5.91 Å². The van der Waals surface area contributed by atoms with E-state index in [9.17, 15) is 9.18 Å². The van der Waals surface area contributed by atoms with Crippen LogP contribution in [0.15, 0.2) is 42.9 Å². The Bertz CT molecular complexity index is 545. The first-order valence-corrected chi connectivity index (χ1v) is 5.50. The van der Waals surface area contributed by atoms with Crippen molar-refractivity contribution in [2.45, 2.75) is 13.0 Å². The van der Waals surface area contributed by atoms with Gasteiger partial charge in [-0.2, -0.15) is 4.39 Å². The Morgan fingerprint density at radius 3 is 2.67 bits per heavy atom. The molecule has 5 heteroatoms. The Morgan fingerprint density at radius 2 is 2.00 bits per heavy atom. The van der Waals surface area contributed by atoms with E-state index in [2.05, 4.69) is 15.3 Å². The van der Waals surface area contributed by atoms with Gasteiger partial charge in [0.2, 0.25) is 5.95 Å². The lowest BCUT2D eigenvalue weighted by atomic mass is 10.1. The van der Waals surface area contributed by atoms with E-state index in [0.717, 1.165) is 5.56 Å². The van der Waals surface area contributed by atoms with Gasteiger partial charge >= 0.3 is 0 Å². The summed E-state index contributed by atoms with van der Waals surface area (Å²) in [6.45, 7) is 1.82. The summed E-state index contributed by atoms with van der Waals surface area (Å²) in [4.78, 5) is 19.2. The van der Waals surface area contributed by atoms with Crippen LogP contribution in [0.2, 0.25) is 0 Å². The van der Waals surface area contributed by atoms with Gasteiger partial charge in [0, 0.05) is 18.6 Å². The van der Waals surface area contributed by atoms with Crippen LogP contribution in [0, 0.1) is 5.95 Å². The highest BCUT2D eigenvalue weighted by Crippen LogP contribution is 2.12. The molecule has 1 N–H and O–H groups in total. The number of amides is 1. The molecule has 0 aliphatic carbocycles. The molecule has 2 aromatic heterocycles. The number of nitrogens with zero attached hydrogens (tertiary/aromatic N) is 2. The summed E-state index contributed by atoms with van der Waals surface area (Å²) in [6, 6.07) is 6.29. The minimum atomic E-state index is -0.767. The number of halogens is 1. The van der Waals surface area contributed by atoms with Gasteiger partial charge < -0.3 is 5.32 Å². The normalized spacial score (nSPS) is 11.9. The van der Waals surface area contributed by atoms with E-state index in [1.165, 1.54) is 18.3 Å². The maximum atomic E-state index is 13.3. The van der Waals surface area contributed by atoms with Crippen LogP contribution in [0.3, 0.4) is 0 Å². The first-order chi connectivity index (χ1) is 8.68. The van der Waals surface area contributed by atoms with Gasteiger partial charge in [-0.1, -0.05) is 0 Å². The molecule has 0 aliphatic heterocycles. The quantitative estimate of drug-likeness (QED) is 0.842. The Labute approximate surface area is 104 Å². The molecule has 4 nitrogen and oxygen atoms in total. The molecule has 1 unspecified atom stereocenters. The van der Waals surface area contributed by atoms with Gasteiger partial charge in [-0.05, 0) is 36.8 Å². The Kier molecular flexibility index (Phi) is 3.62. The third-order valence-electron chi connectivity index (χ3n) is 2.56. The van der Waals surface area contributed by atoms with Crippen LogP contribution in [0.1, 0.15) is 28.9 Å². The maximum absolute atomic E-state index is 13.3. The van der Waals surface area contributed by atoms with Crippen LogP contribution in [-0.4, -0.2) is 15.9 Å². The third kappa shape index (κ3) is 2.68. The predicted molar refractivity (Wildman–Crippen MR) is 64.3 cm³/mol. The van der Waals surface area contributed by atoms with Crippen LogP contribution in [0.25, 0.3) is 0 Å². The van der Waals surface area contributed by atoms with E-state index in [0.29, 0.717) is 0 Å². The van der Waals surface area contributed by atoms with Gasteiger partial charge in [0.05, 0.1) is 11.6 Å². The average Bonchev–Trinajstić information content (AvgIpc) is 2.40. The first-order valence-electron chi connectivity index (χ1n) is 5.50. The molecule has 1 amide bonds. The summed E-state index contributed by atoms with van der Waals surface area (Å²) in [7, 11) is 0. The SMILES string of the molecule is CC(NC(=O)c1cccnc1F)c1ccncc1. The van der Waals surface area contributed by atoms with E-state index >= 15 is 0 Å². The summed E-state index contributed by atoms with van der Waals surface area (Å²) in [5.74, 6) is -1.25. The first kappa shape index (κ1) is 12.2. The second-order valence-corrected chi connectivity index (χ2v) is 3.82. The van der Waals surface area contributed by atoms with Crippen LogP contribution < -0.4 is 5.32 Å². The minimum Gasteiger partial charge on any atom is -0.345 e. The molecule has 18 heavy (non-hydrogen) atoms. The largest absolute Gasteiger partial charge is 0.345 e. The molecule has 0 aliphatic rings. The van der Waals surface area contributed by atoms with Gasteiger partial charge in [-0.25, -0.2) is 4.98 Å². The third-order valence-corrected chi connectivity index (χ3v) is 2.56. The van der Waals surface area contributed by atoms with E-state index in [1.807, 2.05) is 6.92 Å². The zero-order chi connectivity index (χ0) is 13.0. The number of hydrogen-bond donors (Lipinski definition) is 1. The van der Waals surface area contributed by atoms with Crippen molar-refractivity contribution in [1.29, 1.82) is 0 Å². The van der Waals surface area contributed by atoms with Crippen molar-refractivity contribution in [1.82, 2.24) is 15.3 Å². The molecule has 0 radical (unpaired) electrons. The van der Waals surface area contributed by atoms with Crippen molar-refractivity contribution in [3.05, 3.63) is 59.9 Å². The van der Waals surface area contributed by atoms with Crippen LogP contribution in [-0.2, 0) is 0 Å². The predicted octanol–water partition coefficient (Wildman–Crippen LogP) is 2.11. The fraction of sp³-hybridized carbons (Fsp3) is 0.154. The standard InChI is InChI=1S/C13H12FN3O/c1-9(10-4-7-15-8-5-10)17-13(18)11-3-2-6-16-12(11)14/h2-9H,1H3,(H,17,18). The molecular weight excluding hydrogens is 233 g/mol. The van der Waals surface area contributed by atoms with Gasteiger partial charge in [0.15, 0.2) is 0 Å². The Hall–Kier alpha value is -2.30. The maximum Gasteiger partial charge on any atom is 0.256 e. The molecule has 2 heterocycles. The minimum absolute atomic E-state index is 0.0570. The van der Waals surface area contributed by atoms with Crippen molar-refractivity contribution in [2.24, 2.45) is 0 Å². The van der Waals surface area contributed by atoms with E-state index in [1.54, 1.807) is 24.5 Å². The highest BCUT2D eigenvalue weighted by molar-refractivity contribution is 5.94. The van der Waals surface area contributed by atoms with Crippen LogP contribution in [0.4, 0.5) is 4.39 Å². The fourth-order valence-electron chi connectivity index (χ4n) is 1.57. The average molecular weight is 245 g/mol. The van der Waals surface area contributed by atoms with E-state index < -0.39 is 11.9 Å². The number of pyridine rings is 2. The van der Waals surface area contributed by atoms with Gasteiger partial charge in [0.1, 0.15) is 0 Å². The summed E-state index contributed by atoms with van der Waals surface area (Å²) >= 11 is 0. The molecule has 0 aromatic carbocycles. The van der Waals surface area contributed by atoms with E-state index in [4.69, 9.17) is 0 Å². The Balaban J connectivity index is 2.11. The molecule has 2 rings (SSSR count). The van der Waals surface area contributed by atoms with Gasteiger partial charge in [0.25, 0.3) is 5.91 Å². The number of aromatic nitrogens is 2. The zero-order valence-corrected chi connectivity index (χ0v) is 9.80. The van der Waals surface area contributed by atoms with Crippen molar-refractivity contribution in [3.63, 3.8) is 0 Å². The van der Waals surface area contributed by atoms with Crippen molar-refractivity contribution < 1.29 is 9.18 Å². The summed E-state index contributed by atoms with van der Waals surface area (Å²) in [5, 5.41) is 2.71. The smallest absolute Gasteiger partial charge is 0.256 e. The topological polar surface area (TPSA) is 54.9 Å². The lowest BCUT2D eigenvalue weighted by Crippen LogP contribution is -2.27. The van der Waals surface area contributed by atoms with Crippen LogP contribution >= 0.6 is 0 Å². The van der Waals surface area contributed by atoms with Crippen LogP contribution in [0.5, 0.6) is 0 Å². The zero-order valence-electron chi connectivity index (χ0n) is 9.80. The molecule has 2 aromatic rings. The second kappa shape index (κ2) is 5.35. The van der Waals surface area contributed by atoms with E-state index in [-0.39, 0.29) is 11.6 Å². The van der Waals surface area contributed by atoms with Gasteiger partial charge in [-0.3, -0.25) is 9.78 Å². The number of carbonyl (C=O) groups excluding carboxylic acids is 1. The molecule has 0 spiro atoms. The number of hydrogen-bond acceptors (Lipinski definition) is 3. The molecule has 0 saturated heterocycles. The monoisotopic (exact) mass is 245 g/mol. The highest BCUT2D eigenvalue weighted by atomic mass is 19.1. The number of nitrogens with one attached hydrogen (secondary N) is 1. The molecule has 1 atom stereocenters.